The third-order valence-electron chi connectivity index (χ3n) is 3.17. The van der Waals surface area contributed by atoms with Crippen molar-refractivity contribution in [2.75, 3.05) is 40.3 Å². The molecular formula is C15H22ClNO4. The molecular weight excluding hydrogens is 294 g/mol. The van der Waals surface area contributed by atoms with Crippen molar-refractivity contribution in [2.24, 2.45) is 0 Å². The summed E-state index contributed by atoms with van der Waals surface area (Å²) >= 11 is 5.70. The van der Waals surface area contributed by atoms with Crippen molar-refractivity contribution in [1.29, 1.82) is 0 Å². The smallest absolute Gasteiger partial charge is 0.257 e. The molecule has 0 bridgehead atoms. The molecule has 0 radical (unpaired) electrons. The zero-order valence-corrected chi connectivity index (χ0v) is 13.7. The Hall–Kier alpha value is -1.62. The number of benzene rings is 1. The topological polar surface area (TPSA) is 48.0 Å². The first-order valence-electron chi connectivity index (χ1n) is 6.78. The van der Waals surface area contributed by atoms with Gasteiger partial charge in [-0.05, 0) is 13.3 Å². The van der Waals surface area contributed by atoms with Gasteiger partial charge in [-0.1, -0.05) is 0 Å². The fourth-order valence-corrected chi connectivity index (χ4v) is 2.14. The van der Waals surface area contributed by atoms with Crippen molar-refractivity contribution in [1.82, 2.24) is 4.90 Å². The van der Waals surface area contributed by atoms with E-state index in [4.69, 9.17) is 25.8 Å². The van der Waals surface area contributed by atoms with E-state index in [0.29, 0.717) is 41.8 Å². The second-order valence-corrected chi connectivity index (χ2v) is 4.71. The van der Waals surface area contributed by atoms with Gasteiger partial charge >= 0.3 is 0 Å². The molecule has 0 heterocycles. The van der Waals surface area contributed by atoms with Gasteiger partial charge in [0.05, 0.1) is 26.9 Å². The molecule has 0 saturated carbocycles. The van der Waals surface area contributed by atoms with Gasteiger partial charge in [-0.3, -0.25) is 4.79 Å². The standard InChI is InChI=1S/C15H22ClNO4/c1-5-17(8-6-7-16)15(18)11-9-13(20-3)14(21-4)10-12(11)19-2/h9-10H,5-8H2,1-4H3. The van der Waals surface area contributed by atoms with E-state index in [0.717, 1.165) is 6.42 Å². The van der Waals surface area contributed by atoms with Crippen LogP contribution in [0, 0.1) is 0 Å². The monoisotopic (exact) mass is 315 g/mol. The largest absolute Gasteiger partial charge is 0.496 e. The Morgan fingerprint density at radius 1 is 1.10 bits per heavy atom. The lowest BCUT2D eigenvalue weighted by Gasteiger charge is -2.22. The van der Waals surface area contributed by atoms with Crippen LogP contribution in [-0.2, 0) is 0 Å². The van der Waals surface area contributed by atoms with Crippen molar-refractivity contribution in [3.63, 3.8) is 0 Å². The van der Waals surface area contributed by atoms with Crippen LogP contribution in [-0.4, -0.2) is 51.1 Å². The molecule has 0 aliphatic heterocycles. The lowest BCUT2D eigenvalue weighted by molar-refractivity contribution is 0.0761. The van der Waals surface area contributed by atoms with Gasteiger partial charge in [-0.2, -0.15) is 0 Å². The molecule has 0 aromatic heterocycles. The number of carbonyl (C=O) groups is 1. The van der Waals surface area contributed by atoms with Crippen LogP contribution in [0.15, 0.2) is 12.1 Å². The molecule has 0 unspecified atom stereocenters. The van der Waals surface area contributed by atoms with Crippen LogP contribution in [0.3, 0.4) is 0 Å². The number of methoxy groups -OCH3 is 3. The van der Waals surface area contributed by atoms with Crippen LogP contribution in [0.1, 0.15) is 23.7 Å². The summed E-state index contributed by atoms with van der Waals surface area (Å²) in [5, 5.41) is 0. The van der Waals surface area contributed by atoms with Crippen LogP contribution < -0.4 is 14.2 Å². The first kappa shape index (κ1) is 17.4. The van der Waals surface area contributed by atoms with Crippen LogP contribution in [0.2, 0.25) is 0 Å². The van der Waals surface area contributed by atoms with E-state index in [1.807, 2.05) is 6.92 Å². The highest BCUT2D eigenvalue weighted by Crippen LogP contribution is 2.35. The zero-order valence-electron chi connectivity index (χ0n) is 12.9. The second-order valence-electron chi connectivity index (χ2n) is 4.33. The maximum absolute atomic E-state index is 12.6. The predicted octanol–water partition coefficient (Wildman–Crippen LogP) is 2.80. The van der Waals surface area contributed by atoms with E-state index in [2.05, 4.69) is 0 Å². The lowest BCUT2D eigenvalue weighted by Crippen LogP contribution is -2.32. The summed E-state index contributed by atoms with van der Waals surface area (Å²) in [4.78, 5) is 14.4. The van der Waals surface area contributed by atoms with Crippen molar-refractivity contribution in [2.45, 2.75) is 13.3 Å². The Bertz CT molecular complexity index is 479. The summed E-state index contributed by atoms with van der Waals surface area (Å²) < 4.78 is 15.8. The number of nitrogens with zero attached hydrogens (tertiary/aromatic N) is 1. The lowest BCUT2D eigenvalue weighted by atomic mass is 10.1. The summed E-state index contributed by atoms with van der Waals surface area (Å²) in [5.41, 5.74) is 0.451. The minimum absolute atomic E-state index is 0.111. The third kappa shape index (κ3) is 4.17. The van der Waals surface area contributed by atoms with E-state index in [-0.39, 0.29) is 5.91 Å². The first-order chi connectivity index (χ1) is 10.1. The maximum Gasteiger partial charge on any atom is 0.257 e. The molecule has 0 aliphatic carbocycles. The number of carbonyl (C=O) groups excluding carboxylic acids is 1. The van der Waals surface area contributed by atoms with Crippen molar-refractivity contribution >= 4 is 17.5 Å². The molecule has 5 nitrogen and oxygen atoms in total. The van der Waals surface area contributed by atoms with Gasteiger partial charge in [0.15, 0.2) is 11.5 Å². The molecule has 6 heteroatoms. The zero-order chi connectivity index (χ0) is 15.8. The van der Waals surface area contributed by atoms with Crippen molar-refractivity contribution < 1.29 is 19.0 Å². The predicted molar refractivity (Wildman–Crippen MR) is 83.0 cm³/mol. The van der Waals surface area contributed by atoms with Gasteiger partial charge in [0, 0.05) is 31.1 Å². The Labute approximate surface area is 130 Å². The summed E-state index contributed by atoms with van der Waals surface area (Å²) in [6.07, 6.45) is 0.747. The third-order valence-corrected chi connectivity index (χ3v) is 3.43. The minimum atomic E-state index is -0.111. The summed E-state index contributed by atoms with van der Waals surface area (Å²) in [5.74, 6) is 1.89. The fraction of sp³-hybridized carbons (Fsp3) is 0.533. The van der Waals surface area contributed by atoms with Gasteiger partial charge in [0.1, 0.15) is 5.75 Å². The highest BCUT2D eigenvalue weighted by atomic mass is 35.5. The Morgan fingerprint density at radius 3 is 2.14 bits per heavy atom. The molecule has 1 rings (SSSR count). The molecule has 0 fully saturated rings. The molecule has 0 saturated heterocycles. The van der Waals surface area contributed by atoms with E-state index in [1.54, 1.807) is 17.0 Å². The number of hydrogen-bond acceptors (Lipinski definition) is 4. The normalized spacial score (nSPS) is 10.1. The molecule has 1 amide bonds. The van der Waals surface area contributed by atoms with Gasteiger partial charge in [-0.25, -0.2) is 0 Å². The highest BCUT2D eigenvalue weighted by Gasteiger charge is 2.21. The van der Waals surface area contributed by atoms with Gasteiger partial charge in [-0.15, -0.1) is 11.6 Å². The van der Waals surface area contributed by atoms with Crippen molar-refractivity contribution in [3.8, 4) is 17.2 Å². The Kier molecular flexibility index (Phi) is 7.15. The number of hydrogen-bond donors (Lipinski definition) is 0. The Balaban J connectivity index is 3.17. The second kappa shape index (κ2) is 8.62. The molecule has 118 valence electrons. The van der Waals surface area contributed by atoms with Crippen molar-refractivity contribution in [3.05, 3.63) is 17.7 Å². The highest BCUT2D eigenvalue weighted by molar-refractivity contribution is 6.17. The summed E-state index contributed by atoms with van der Waals surface area (Å²) in [6.45, 7) is 3.14. The molecule has 0 aliphatic rings. The molecule has 1 aromatic rings. The number of alkyl halides is 1. The molecule has 0 spiro atoms. The average molecular weight is 316 g/mol. The summed E-state index contributed by atoms with van der Waals surface area (Å²) in [7, 11) is 4.59. The number of halogens is 1. The van der Waals surface area contributed by atoms with Crippen LogP contribution in [0.5, 0.6) is 17.2 Å². The number of rotatable bonds is 8. The number of amides is 1. The summed E-state index contributed by atoms with van der Waals surface area (Å²) in [6, 6.07) is 3.30. The van der Waals surface area contributed by atoms with Crippen LogP contribution in [0.25, 0.3) is 0 Å². The molecule has 0 atom stereocenters. The van der Waals surface area contributed by atoms with E-state index < -0.39 is 0 Å². The van der Waals surface area contributed by atoms with Gasteiger partial charge < -0.3 is 19.1 Å². The van der Waals surface area contributed by atoms with Crippen LogP contribution >= 0.6 is 11.6 Å². The minimum Gasteiger partial charge on any atom is -0.496 e. The van der Waals surface area contributed by atoms with Crippen LogP contribution in [0.4, 0.5) is 0 Å². The fourth-order valence-electron chi connectivity index (χ4n) is 2.02. The SMILES string of the molecule is CCN(CCCCl)C(=O)c1cc(OC)c(OC)cc1OC. The van der Waals surface area contributed by atoms with E-state index in [1.165, 1.54) is 21.3 Å². The van der Waals surface area contributed by atoms with Gasteiger partial charge in [0.2, 0.25) is 0 Å². The molecule has 1 aromatic carbocycles. The quantitative estimate of drug-likeness (QED) is 0.692. The Morgan fingerprint density at radius 2 is 1.67 bits per heavy atom. The van der Waals surface area contributed by atoms with Gasteiger partial charge in [0.25, 0.3) is 5.91 Å². The molecule has 0 N–H and O–H groups in total. The average Bonchev–Trinajstić information content (AvgIpc) is 2.53. The van der Waals surface area contributed by atoms with E-state index >= 15 is 0 Å². The first-order valence-corrected chi connectivity index (χ1v) is 7.31. The maximum atomic E-state index is 12.6. The van der Waals surface area contributed by atoms with E-state index in [9.17, 15) is 4.79 Å². The molecule has 21 heavy (non-hydrogen) atoms. The number of ether oxygens (including phenoxy) is 3.